The normalized spacial score (nSPS) is 9.69. The van der Waals surface area contributed by atoms with Gasteiger partial charge in [0.1, 0.15) is 29.5 Å². The summed E-state index contributed by atoms with van der Waals surface area (Å²) in [6.07, 6.45) is 0. The molecule has 0 aliphatic heterocycles. The highest BCUT2D eigenvalue weighted by Gasteiger charge is 2.16. The van der Waals surface area contributed by atoms with Crippen molar-refractivity contribution in [3.63, 3.8) is 0 Å². The Morgan fingerprint density at radius 1 is 0.709 bits per heavy atom. The molecular weight excluding hydrogens is 758 g/mol. The van der Waals surface area contributed by atoms with Crippen LogP contribution >= 0.6 is 11.6 Å². The molecule has 0 saturated carbocycles. The van der Waals surface area contributed by atoms with E-state index >= 15 is 0 Å². The van der Waals surface area contributed by atoms with E-state index in [0.29, 0.717) is 40.7 Å². The number of alkyl halides is 3. The van der Waals surface area contributed by atoms with Crippen molar-refractivity contribution in [3.8, 4) is 35.0 Å². The van der Waals surface area contributed by atoms with Crippen LogP contribution in [-0.4, -0.2) is 48.6 Å². The van der Waals surface area contributed by atoms with Crippen molar-refractivity contribution in [3.05, 3.63) is 151 Å². The molecule has 0 radical (unpaired) electrons. The molecule has 0 atom stereocenters. The second-order valence-electron chi connectivity index (χ2n) is 10.3. The summed E-state index contributed by atoms with van der Waals surface area (Å²) in [5, 5.41) is 33.5. The van der Waals surface area contributed by atoms with Gasteiger partial charge in [-0.3, -0.25) is 8.78 Å². The maximum Gasteiger partial charge on any atom is 0.379 e. The number of hydrogen-bond donors (Lipinski definition) is 1. The van der Waals surface area contributed by atoms with E-state index < -0.39 is 23.0 Å². The third-order valence-corrected chi connectivity index (χ3v) is 7.04. The fourth-order valence-electron chi connectivity index (χ4n) is 4.25. The monoisotopic (exact) mass is 788 g/mol. The molecule has 0 amide bonds. The van der Waals surface area contributed by atoms with Crippen molar-refractivity contribution < 1.29 is 36.4 Å². The zero-order valence-electron chi connectivity index (χ0n) is 29.4. The highest BCUT2D eigenvalue weighted by Crippen LogP contribution is 2.20. The first-order chi connectivity index (χ1) is 26.4. The van der Waals surface area contributed by atoms with Gasteiger partial charge in [0.25, 0.3) is 0 Å². The van der Waals surface area contributed by atoms with Gasteiger partial charge in [0.15, 0.2) is 23.3 Å². The Morgan fingerprint density at radius 2 is 1.16 bits per heavy atom. The van der Waals surface area contributed by atoms with Gasteiger partial charge in [-0.1, -0.05) is 33.2 Å². The molecule has 0 spiro atoms. The molecule has 0 aliphatic rings. The number of rotatable bonds is 6. The summed E-state index contributed by atoms with van der Waals surface area (Å²) in [5.41, 5.74) is 0.329. The smallest absolute Gasteiger partial charge is 0.379 e. The number of benzene rings is 4. The molecule has 0 unspecified atom stereocenters. The van der Waals surface area contributed by atoms with Crippen molar-refractivity contribution in [2.75, 3.05) is 14.4 Å². The Labute approximate surface area is 314 Å². The molecule has 1 N–H and O–H groups in total. The number of halogens is 7. The lowest BCUT2D eigenvalue weighted by Gasteiger charge is -2.08. The topological polar surface area (TPSA) is 157 Å². The fourth-order valence-corrected chi connectivity index (χ4v) is 4.41. The average Bonchev–Trinajstić information content (AvgIpc) is 3.62. The number of nitrogens with zero attached hydrogens (tertiary/aromatic N) is 8. The van der Waals surface area contributed by atoms with Crippen LogP contribution in [-0.2, 0) is 12.5 Å². The van der Waals surface area contributed by atoms with Gasteiger partial charge in [-0.05, 0) is 73.5 Å². The Hall–Kier alpha value is -6.79. The van der Waals surface area contributed by atoms with E-state index in [-0.39, 0.29) is 50.7 Å². The van der Waals surface area contributed by atoms with E-state index in [0.717, 1.165) is 29.3 Å². The van der Waals surface area contributed by atoms with E-state index in [1.165, 1.54) is 32.0 Å². The molecule has 0 aliphatic carbocycles. The van der Waals surface area contributed by atoms with Crippen LogP contribution in [0.25, 0.3) is 11.4 Å². The largest absolute Gasteiger partial charge is 0.508 e. The molecule has 12 nitrogen and oxygen atoms in total. The van der Waals surface area contributed by atoms with E-state index in [9.17, 15) is 36.1 Å². The van der Waals surface area contributed by atoms with Crippen LogP contribution in [0.1, 0.15) is 33.9 Å². The highest BCUT2D eigenvalue weighted by atomic mass is 35.5. The number of aromatic hydroxyl groups is 1. The lowest BCUT2D eigenvalue weighted by molar-refractivity contribution is 0.304. The zero-order chi connectivity index (χ0) is 41.2. The maximum atomic E-state index is 14.2. The second-order valence-corrected chi connectivity index (χ2v) is 10.6. The lowest BCUT2D eigenvalue weighted by atomic mass is 10.1. The Kier molecular flexibility index (Phi) is 17.5. The summed E-state index contributed by atoms with van der Waals surface area (Å²) in [6, 6.07) is 25.1. The SMILES string of the molecule is CF.CF.Cc1nn(-c2ccc(O)cc2F)c(=O)n1F.Cc1nn(-c2ccc(OCc3cccc(C#N)c3)cc2F)c(=O)n1F.N#Cc1cccc(CCl)c1. The summed E-state index contributed by atoms with van der Waals surface area (Å²) < 4.78 is 79.7. The predicted octanol–water partition coefficient (Wildman–Crippen LogP) is 7.05. The molecule has 0 saturated heterocycles. The number of aryl methyl sites for hydroxylation is 2. The molecule has 0 bridgehead atoms. The van der Waals surface area contributed by atoms with Gasteiger partial charge in [-0.15, -0.1) is 31.4 Å². The van der Waals surface area contributed by atoms with Gasteiger partial charge in [-0.2, -0.15) is 19.9 Å². The standard InChI is InChI=1S/C17H12F2N4O2.C9H7F2N3O2.C8H6ClN.2CH3F/c1-11-21-23(17(24)22(11)19)16-6-5-14(8-15(16)18)25-10-13-4-2-3-12(7-13)9-20;1-5-12-14(9(16)13(5)11)8-3-2-6(15)4-7(8)10;9-5-7-2-1-3-8(4-7)6-10;2*1-2/h2-8H,10H2,1H3;2-4,15H,1H3;1-4H,5H2;2*1H3. The summed E-state index contributed by atoms with van der Waals surface area (Å²) in [6.45, 7) is 2.71. The van der Waals surface area contributed by atoms with Crippen LogP contribution in [0.3, 0.4) is 0 Å². The molecule has 2 aromatic heterocycles. The molecule has 0 fully saturated rings. The van der Waals surface area contributed by atoms with Crippen molar-refractivity contribution in [1.82, 2.24) is 29.1 Å². The highest BCUT2D eigenvalue weighted by molar-refractivity contribution is 6.17. The number of phenols is 1. The van der Waals surface area contributed by atoms with Crippen molar-refractivity contribution >= 4 is 11.6 Å². The molecular formula is C36H31ClF6N8O4. The van der Waals surface area contributed by atoms with Crippen molar-refractivity contribution in [2.24, 2.45) is 0 Å². The summed E-state index contributed by atoms with van der Waals surface area (Å²) in [5.74, 6) is -1.59. The third kappa shape index (κ3) is 11.9. The predicted molar refractivity (Wildman–Crippen MR) is 190 cm³/mol. The second kappa shape index (κ2) is 21.7. The minimum atomic E-state index is -1.10. The van der Waals surface area contributed by atoms with E-state index in [1.807, 2.05) is 24.3 Å². The number of hydrogen-bond acceptors (Lipinski definition) is 8. The molecule has 2 heterocycles. The van der Waals surface area contributed by atoms with Crippen molar-refractivity contribution in [2.45, 2.75) is 26.3 Å². The van der Waals surface area contributed by atoms with Gasteiger partial charge < -0.3 is 9.84 Å². The molecule has 4 aromatic carbocycles. The van der Waals surface area contributed by atoms with Crippen LogP contribution in [0.15, 0.2) is 94.5 Å². The molecule has 6 aromatic rings. The fraction of sp³-hybridized carbons (Fsp3) is 0.167. The van der Waals surface area contributed by atoms with Gasteiger partial charge in [-0.25, -0.2) is 18.4 Å². The molecule has 6 rings (SSSR count). The van der Waals surface area contributed by atoms with Gasteiger partial charge in [0, 0.05) is 18.0 Å². The number of phenolic OH excluding ortho intramolecular Hbond substituents is 1. The first-order valence-corrected chi connectivity index (χ1v) is 15.8. The van der Waals surface area contributed by atoms with Crippen LogP contribution in [0.4, 0.5) is 26.5 Å². The Balaban J connectivity index is 0.000000298. The average molecular weight is 789 g/mol. The van der Waals surface area contributed by atoms with Gasteiger partial charge in [0.05, 0.1) is 37.6 Å². The lowest BCUT2D eigenvalue weighted by Crippen LogP contribution is -2.21. The number of aromatic nitrogens is 6. The van der Waals surface area contributed by atoms with Crippen LogP contribution in [0.5, 0.6) is 11.5 Å². The van der Waals surface area contributed by atoms with E-state index in [2.05, 4.69) is 10.2 Å². The molecule has 19 heteroatoms. The first-order valence-electron chi connectivity index (χ1n) is 15.3. The Bertz CT molecular complexity index is 2400. The van der Waals surface area contributed by atoms with E-state index in [4.69, 9.17) is 32.0 Å². The third-order valence-electron chi connectivity index (χ3n) is 6.73. The van der Waals surface area contributed by atoms with Gasteiger partial charge in [0.2, 0.25) is 0 Å². The first kappa shape index (κ1) is 44.4. The Morgan fingerprint density at radius 3 is 1.58 bits per heavy atom. The van der Waals surface area contributed by atoms with E-state index in [1.54, 1.807) is 36.4 Å². The van der Waals surface area contributed by atoms with Crippen LogP contribution in [0.2, 0.25) is 0 Å². The number of ether oxygens (including phenoxy) is 1. The summed E-state index contributed by atoms with van der Waals surface area (Å²) in [7, 11) is 1.00. The maximum absolute atomic E-state index is 14.2. The quantitative estimate of drug-likeness (QED) is 0.139. The zero-order valence-corrected chi connectivity index (χ0v) is 30.1. The van der Waals surface area contributed by atoms with Gasteiger partial charge >= 0.3 is 11.4 Å². The molecule has 288 valence electrons. The molecule has 55 heavy (non-hydrogen) atoms. The minimum absolute atomic E-state index is 0.145. The summed E-state index contributed by atoms with van der Waals surface area (Å²) >= 11 is 5.55. The van der Waals surface area contributed by atoms with Crippen LogP contribution in [0, 0.1) is 48.1 Å². The van der Waals surface area contributed by atoms with Crippen molar-refractivity contribution in [1.29, 1.82) is 10.5 Å². The number of nitriles is 2. The summed E-state index contributed by atoms with van der Waals surface area (Å²) in [4.78, 5) is 22.6. The minimum Gasteiger partial charge on any atom is -0.508 e. The van der Waals surface area contributed by atoms with Crippen LogP contribution < -0.4 is 16.1 Å².